The maximum atomic E-state index is 12.8. The Morgan fingerprint density at radius 1 is 1.09 bits per heavy atom. The van der Waals surface area contributed by atoms with Gasteiger partial charge in [-0.1, -0.05) is 42.5 Å². The molecule has 0 heterocycles. The van der Waals surface area contributed by atoms with Crippen molar-refractivity contribution < 1.29 is 14.3 Å². The molecular weight excluding hydrogens is 278 g/mol. The molecule has 0 bridgehead atoms. The molecule has 0 radical (unpaired) electrons. The van der Waals surface area contributed by atoms with Gasteiger partial charge in [-0.25, -0.2) is 4.79 Å². The second-order valence-electron chi connectivity index (χ2n) is 5.08. The zero-order chi connectivity index (χ0) is 16.1. The molecule has 0 N–H and O–H groups in total. The van der Waals surface area contributed by atoms with Gasteiger partial charge in [-0.15, -0.1) is 0 Å². The number of benzene rings is 2. The average molecular weight is 297 g/mol. The number of fused-ring (bicyclic) bond motifs is 1. The zero-order valence-corrected chi connectivity index (χ0v) is 13.0. The van der Waals surface area contributed by atoms with Crippen molar-refractivity contribution in [3.05, 3.63) is 59.8 Å². The van der Waals surface area contributed by atoms with Crippen molar-refractivity contribution in [2.24, 2.45) is 0 Å². The van der Waals surface area contributed by atoms with Gasteiger partial charge in [0.2, 0.25) is 5.78 Å². The van der Waals surface area contributed by atoms with Crippen molar-refractivity contribution in [2.45, 2.75) is 6.92 Å². The van der Waals surface area contributed by atoms with E-state index < -0.39 is 5.97 Å². The van der Waals surface area contributed by atoms with E-state index in [1.807, 2.05) is 36.4 Å². The van der Waals surface area contributed by atoms with Crippen molar-refractivity contribution in [1.29, 1.82) is 0 Å². The van der Waals surface area contributed by atoms with Crippen LogP contribution in [0.5, 0.6) is 0 Å². The van der Waals surface area contributed by atoms with Crippen LogP contribution in [0.25, 0.3) is 10.8 Å². The summed E-state index contributed by atoms with van der Waals surface area (Å²) in [5.74, 6) is -0.932. The Morgan fingerprint density at radius 2 is 1.77 bits per heavy atom. The van der Waals surface area contributed by atoms with E-state index in [0.717, 1.165) is 10.8 Å². The molecule has 0 spiro atoms. The molecule has 0 saturated carbocycles. The molecule has 2 rings (SSSR count). The molecule has 2 aromatic rings. The standard InChI is InChI=1S/C18H19NO3/c1-4-22-18(21)16(12-19(2)3)17(20)15-11-7-9-13-8-5-6-10-14(13)15/h5-12H,4H2,1-3H3/b16-12+. The van der Waals surface area contributed by atoms with Crippen LogP contribution in [0.3, 0.4) is 0 Å². The van der Waals surface area contributed by atoms with Crippen LogP contribution in [0.1, 0.15) is 17.3 Å². The number of ketones is 1. The number of esters is 1. The fraction of sp³-hybridized carbons (Fsp3) is 0.222. The summed E-state index contributed by atoms with van der Waals surface area (Å²) >= 11 is 0. The van der Waals surface area contributed by atoms with E-state index in [1.165, 1.54) is 6.20 Å². The van der Waals surface area contributed by atoms with Crippen molar-refractivity contribution in [3.63, 3.8) is 0 Å². The van der Waals surface area contributed by atoms with Crippen LogP contribution in [0.2, 0.25) is 0 Å². The van der Waals surface area contributed by atoms with Gasteiger partial charge in [0, 0.05) is 25.9 Å². The Balaban J connectivity index is 2.52. The number of carbonyl (C=O) groups excluding carboxylic acids is 2. The minimum atomic E-state index is -0.603. The first kappa shape index (κ1) is 15.8. The zero-order valence-electron chi connectivity index (χ0n) is 13.0. The van der Waals surface area contributed by atoms with Crippen molar-refractivity contribution in [1.82, 2.24) is 4.90 Å². The van der Waals surface area contributed by atoms with Crippen LogP contribution < -0.4 is 0 Å². The number of carbonyl (C=O) groups is 2. The molecule has 2 aromatic carbocycles. The van der Waals surface area contributed by atoms with Crippen molar-refractivity contribution in [3.8, 4) is 0 Å². The first-order chi connectivity index (χ1) is 10.5. The first-order valence-electron chi connectivity index (χ1n) is 7.12. The topological polar surface area (TPSA) is 46.6 Å². The Labute approximate surface area is 130 Å². The Hall–Kier alpha value is -2.62. The maximum absolute atomic E-state index is 12.8. The Kier molecular flexibility index (Phi) is 4.94. The molecule has 0 saturated heterocycles. The molecule has 0 amide bonds. The first-order valence-corrected chi connectivity index (χ1v) is 7.12. The van der Waals surface area contributed by atoms with E-state index >= 15 is 0 Å². The van der Waals surface area contributed by atoms with Crippen molar-refractivity contribution >= 4 is 22.5 Å². The quantitative estimate of drug-likeness (QED) is 0.280. The predicted octanol–water partition coefficient (Wildman–Crippen LogP) is 3.03. The molecule has 114 valence electrons. The van der Waals surface area contributed by atoms with Crippen LogP contribution in [-0.4, -0.2) is 37.4 Å². The summed E-state index contributed by atoms with van der Waals surface area (Å²) in [6.45, 7) is 1.94. The molecule has 0 aliphatic carbocycles. The largest absolute Gasteiger partial charge is 0.462 e. The number of hydrogen-bond acceptors (Lipinski definition) is 4. The van der Waals surface area contributed by atoms with Crippen LogP contribution in [0, 0.1) is 0 Å². The lowest BCUT2D eigenvalue weighted by molar-refractivity contribution is -0.138. The number of rotatable bonds is 5. The van der Waals surface area contributed by atoms with Gasteiger partial charge in [-0.2, -0.15) is 0 Å². The second-order valence-corrected chi connectivity index (χ2v) is 5.08. The van der Waals surface area contributed by atoms with Gasteiger partial charge in [0.05, 0.1) is 6.61 Å². The Bertz CT molecular complexity index is 727. The van der Waals surface area contributed by atoms with Gasteiger partial charge in [-0.3, -0.25) is 4.79 Å². The molecule has 0 unspecified atom stereocenters. The third kappa shape index (κ3) is 3.34. The highest BCUT2D eigenvalue weighted by Crippen LogP contribution is 2.21. The molecule has 0 aliphatic heterocycles. The summed E-state index contributed by atoms with van der Waals surface area (Å²) in [5.41, 5.74) is 0.530. The summed E-state index contributed by atoms with van der Waals surface area (Å²) < 4.78 is 5.00. The minimum absolute atomic E-state index is 0.0307. The third-order valence-electron chi connectivity index (χ3n) is 3.16. The highest BCUT2D eigenvalue weighted by Gasteiger charge is 2.23. The lowest BCUT2D eigenvalue weighted by Gasteiger charge is -2.12. The van der Waals surface area contributed by atoms with Crippen LogP contribution in [0.15, 0.2) is 54.2 Å². The highest BCUT2D eigenvalue weighted by atomic mass is 16.5. The van der Waals surface area contributed by atoms with Gasteiger partial charge in [0.15, 0.2) is 0 Å². The fourth-order valence-electron chi connectivity index (χ4n) is 2.24. The molecular formula is C18H19NO3. The second kappa shape index (κ2) is 6.89. The summed E-state index contributed by atoms with van der Waals surface area (Å²) in [5, 5.41) is 1.78. The van der Waals surface area contributed by atoms with E-state index in [0.29, 0.717) is 5.56 Å². The number of ether oxygens (including phenoxy) is 1. The smallest absolute Gasteiger partial charge is 0.343 e. The fourth-order valence-corrected chi connectivity index (χ4v) is 2.24. The van der Waals surface area contributed by atoms with Gasteiger partial charge >= 0.3 is 5.97 Å². The number of Topliss-reactive ketones (excluding diaryl/α,β-unsaturated/α-hetero) is 1. The summed E-state index contributed by atoms with van der Waals surface area (Å²) in [6.07, 6.45) is 1.50. The summed E-state index contributed by atoms with van der Waals surface area (Å²) in [4.78, 5) is 26.6. The normalized spacial score (nSPS) is 11.3. The summed E-state index contributed by atoms with van der Waals surface area (Å²) in [6, 6.07) is 13.1. The SMILES string of the molecule is CCOC(=O)/C(=C/N(C)C)C(=O)c1cccc2ccccc12. The van der Waals surface area contributed by atoms with E-state index in [-0.39, 0.29) is 18.0 Å². The van der Waals surface area contributed by atoms with Gasteiger partial charge in [0.1, 0.15) is 5.57 Å². The lowest BCUT2D eigenvalue weighted by Crippen LogP contribution is -2.19. The molecule has 4 heteroatoms. The van der Waals surface area contributed by atoms with E-state index in [1.54, 1.807) is 32.0 Å². The summed E-state index contributed by atoms with van der Waals surface area (Å²) in [7, 11) is 3.52. The van der Waals surface area contributed by atoms with Crippen LogP contribution >= 0.6 is 0 Å². The predicted molar refractivity (Wildman–Crippen MR) is 86.7 cm³/mol. The van der Waals surface area contributed by atoms with Gasteiger partial charge < -0.3 is 9.64 Å². The van der Waals surface area contributed by atoms with Crippen LogP contribution in [0.4, 0.5) is 0 Å². The molecule has 4 nitrogen and oxygen atoms in total. The van der Waals surface area contributed by atoms with Gasteiger partial charge in [-0.05, 0) is 17.7 Å². The highest BCUT2D eigenvalue weighted by molar-refractivity contribution is 6.27. The number of nitrogens with zero attached hydrogens (tertiary/aromatic N) is 1. The minimum Gasteiger partial charge on any atom is -0.462 e. The average Bonchev–Trinajstić information content (AvgIpc) is 2.51. The molecule has 0 fully saturated rings. The molecule has 0 aliphatic rings. The van der Waals surface area contributed by atoms with E-state index in [9.17, 15) is 9.59 Å². The monoisotopic (exact) mass is 297 g/mol. The van der Waals surface area contributed by atoms with Gasteiger partial charge in [0.25, 0.3) is 0 Å². The van der Waals surface area contributed by atoms with Crippen molar-refractivity contribution in [2.75, 3.05) is 20.7 Å². The lowest BCUT2D eigenvalue weighted by atomic mass is 9.97. The number of hydrogen-bond donors (Lipinski definition) is 0. The third-order valence-corrected chi connectivity index (χ3v) is 3.16. The van der Waals surface area contributed by atoms with Crippen LogP contribution in [-0.2, 0) is 9.53 Å². The molecule has 0 atom stereocenters. The Morgan fingerprint density at radius 3 is 2.45 bits per heavy atom. The maximum Gasteiger partial charge on any atom is 0.343 e. The van der Waals surface area contributed by atoms with E-state index in [2.05, 4.69) is 0 Å². The molecule has 0 aromatic heterocycles. The molecule has 22 heavy (non-hydrogen) atoms. The van der Waals surface area contributed by atoms with E-state index in [4.69, 9.17) is 4.74 Å².